The maximum Gasteiger partial charge on any atom is 0.0653 e. The zero-order chi connectivity index (χ0) is 11.1. The van der Waals surface area contributed by atoms with Gasteiger partial charge in [-0.15, -0.1) is 0 Å². The molecule has 0 unspecified atom stereocenters. The Kier molecular flexibility index (Phi) is 2.29. The van der Waals surface area contributed by atoms with Crippen molar-refractivity contribution in [2.75, 3.05) is 0 Å². The van der Waals surface area contributed by atoms with Gasteiger partial charge >= 0.3 is 0 Å². The largest absolute Gasteiger partial charge is 0.278 e. The molecule has 2 heteroatoms. The smallest absolute Gasteiger partial charge is 0.0653 e. The molecule has 1 N–H and O–H groups in total. The van der Waals surface area contributed by atoms with E-state index in [4.69, 9.17) is 0 Å². The van der Waals surface area contributed by atoms with Crippen molar-refractivity contribution in [1.29, 1.82) is 0 Å². The molecule has 2 aromatic rings. The molecule has 0 radical (unpaired) electrons. The summed E-state index contributed by atoms with van der Waals surface area (Å²) in [5, 5.41) is 8.42. The number of hydrogen-bond donors (Lipinski definition) is 1. The number of benzene rings is 1. The Bertz CT molecular complexity index is 480. The molecule has 1 aromatic heterocycles. The molecular formula is C13H18N2. The van der Waals surface area contributed by atoms with Crippen LogP contribution in [0.1, 0.15) is 38.3 Å². The van der Waals surface area contributed by atoms with Crippen molar-refractivity contribution in [2.24, 2.45) is 0 Å². The number of H-pyrrole nitrogens is 1. The molecule has 80 valence electrons. The third kappa shape index (κ3) is 1.54. The van der Waals surface area contributed by atoms with Crippen molar-refractivity contribution in [3.05, 3.63) is 29.5 Å². The van der Waals surface area contributed by atoms with Gasteiger partial charge in [0.15, 0.2) is 0 Å². The Labute approximate surface area is 90.7 Å². The molecule has 0 aliphatic heterocycles. The van der Waals surface area contributed by atoms with E-state index >= 15 is 0 Å². The van der Waals surface area contributed by atoms with Gasteiger partial charge in [-0.1, -0.05) is 26.8 Å². The Hall–Kier alpha value is -1.31. The third-order valence-electron chi connectivity index (χ3n) is 3.39. The number of aromatic amines is 1. The van der Waals surface area contributed by atoms with E-state index in [1.54, 1.807) is 0 Å². The number of hydrogen-bond acceptors (Lipinski definition) is 1. The normalized spacial score (nSPS) is 12.3. The summed E-state index contributed by atoms with van der Waals surface area (Å²) in [6.45, 7) is 9.00. The van der Waals surface area contributed by atoms with Crippen LogP contribution in [-0.4, -0.2) is 10.2 Å². The van der Waals surface area contributed by atoms with E-state index in [0.717, 1.165) is 11.9 Å². The molecule has 1 heterocycles. The number of fused-ring (bicyclic) bond motifs is 1. The average molecular weight is 202 g/mol. The van der Waals surface area contributed by atoms with Crippen LogP contribution in [0.15, 0.2) is 18.3 Å². The number of nitrogens with zero attached hydrogens (tertiary/aromatic N) is 1. The summed E-state index contributed by atoms with van der Waals surface area (Å²) >= 11 is 0. The first-order valence-electron chi connectivity index (χ1n) is 5.49. The Morgan fingerprint density at radius 2 is 2.07 bits per heavy atom. The maximum atomic E-state index is 4.13. The van der Waals surface area contributed by atoms with Gasteiger partial charge in [-0.05, 0) is 36.0 Å². The van der Waals surface area contributed by atoms with Crippen LogP contribution in [0.5, 0.6) is 0 Å². The van der Waals surface area contributed by atoms with Crippen molar-refractivity contribution in [1.82, 2.24) is 10.2 Å². The van der Waals surface area contributed by atoms with Crippen molar-refractivity contribution < 1.29 is 0 Å². The van der Waals surface area contributed by atoms with Crippen LogP contribution < -0.4 is 0 Å². The topological polar surface area (TPSA) is 28.7 Å². The SMILES string of the molecule is CCC(C)(C)c1c(C)ccc2[nH]ncc12. The van der Waals surface area contributed by atoms with E-state index in [2.05, 4.69) is 50.0 Å². The van der Waals surface area contributed by atoms with Crippen molar-refractivity contribution in [2.45, 2.75) is 39.5 Å². The molecule has 0 aliphatic rings. The monoisotopic (exact) mass is 202 g/mol. The minimum Gasteiger partial charge on any atom is -0.278 e. The first-order chi connectivity index (χ1) is 7.06. The second-order valence-electron chi connectivity index (χ2n) is 4.83. The highest BCUT2D eigenvalue weighted by atomic mass is 15.1. The molecule has 0 spiro atoms. The second kappa shape index (κ2) is 3.37. The lowest BCUT2D eigenvalue weighted by Crippen LogP contribution is -2.17. The van der Waals surface area contributed by atoms with E-state index in [0.29, 0.717) is 0 Å². The molecule has 0 bridgehead atoms. The van der Waals surface area contributed by atoms with E-state index in [9.17, 15) is 0 Å². The summed E-state index contributed by atoms with van der Waals surface area (Å²) in [5.74, 6) is 0. The minimum atomic E-state index is 0.216. The van der Waals surface area contributed by atoms with E-state index in [1.165, 1.54) is 16.5 Å². The molecule has 0 saturated carbocycles. The molecule has 0 fully saturated rings. The van der Waals surface area contributed by atoms with Gasteiger partial charge in [-0.3, -0.25) is 5.10 Å². The third-order valence-corrected chi connectivity index (χ3v) is 3.39. The summed E-state index contributed by atoms with van der Waals surface area (Å²) in [6.07, 6.45) is 3.08. The van der Waals surface area contributed by atoms with Gasteiger partial charge in [0.1, 0.15) is 0 Å². The van der Waals surface area contributed by atoms with Crippen LogP contribution in [0.4, 0.5) is 0 Å². The molecule has 0 amide bonds. The van der Waals surface area contributed by atoms with Crippen molar-refractivity contribution in [3.63, 3.8) is 0 Å². The van der Waals surface area contributed by atoms with Crippen LogP contribution in [0.25, 0.3) is 10.9 Å². The Morgan fingerprint density at radius 3 is 2.73 bits per heavy atom. The van der Waals surface area contributed by atoms with Crippen LogP contribution in [0.2, 0.25) is 0 Å². The van der Waals surface area contributed by atoms with Gasteiger partial charge in [0.05, 0.1) is 11.7 Å². The lowest BCUT2D eigenvalue weighted by Gasteiger charge is -2.26. The molecule has 2 nitrogen and oxygen atoms in total. The van der Waals surface area contributed by atoms with Gasteiger partial charge in [-0.25, -0.2) is 0 Å². The fourth-order valence-corrected chi connectivity index (χ4v) is 2.20. The van der Waals surface area contributed by atoms with Gasteiger partial charge < -0.3 is 0 Å². The fraction of sp³-hybridized carbons (Fsp3) is 0.462. The fourth-order valence-electron chi connectivity index (χ4n) is 2.20. The molecule has 2 rings (SSSR count). The second-order valence-corrected chi connectivity index (χ2v) is 4.83. The lowest BCUT2D eigenvalue weighted by atomic mass is 9.78. The number of aryl methyl sites for hydroxylation is 1. The summed E-state index contributed by atoms with van der Waals surface area (Å²) in [4.78, 5) is 0. The lowest BCUT2D eigenvalue weighted by molar-refractivity contribution is 0.508. The molecule has 0 saturated heterocycles. The minimum absolute atomic E-state index is 0.216. The van der Waals surface area contributed by atoms with Crippen LogP contribution in [0, 0.1) is 6.92 Å². The first kappa shape index (κ1) is 10.2. The number of rotatable bonds is 2. The van der Waals surface area contributed by atoms with Gasteiger partial charge in [0.25, 0.3) is 0 Å². The molecule has 15 heavy (non-hydrogen) atoms. The summed E-state index contributed by atoms with van der Waals surface area (Å²) in [6, 6.07) is 4.28. The molecule has 0 atom stereocenters. The summed E-state index contributed by atoms with van der Waals surface area (Å²) in [5.41, 5.74) is 4.14. The van der Waals surface area contributed by atoms with Crippen molar-refractivity contribution in [3.8, 4) is 0 Å². The van der Waals surface area contributed by atoms with Gasteiger partial charge in [0, 0.05) is 5.39 Å². The highest BCUT2D eigenvalue weighted by molar-refractivity contribution is 5.84. The molecule has 1 aromatic carbocycles. The summed E-state index contributed by atoms with van der Waals surface area (Å²) in [7, 11) is 0. The van der Waals surface area contributed by atoms with Gasteiger partial charge in [-0.2, -0.15) is 5.10 Å². The van der Waals surface area contributed by atoms with Gasteiger partial charge in [0.2, 0.25) is 0 Å². The predicted molar refractivity (Wildman–Crippen MR) is 64.1 cm³/mol. The zero-order valence-corrected chi connectivity index (χ0v) is 9.89. The molecule has 0 aliphatic carbocycles. The average Bonchev–Trinajstić information content (AvgIpc) is 2.64. The standard InChI is InChI=1S/C13H18N2/c1-5-13(3,4)12-9(2)6-7-11-10(12)8-14-15-11/h6-8H,5H2,1-4H3,(H,14,15). The quantitative estimate of drug-likeness (QED) is 0.792. The first-order valence-corrected chi connectivity index (χ1v) is 5.49. The highest BCUT2D eigenvalue weighted by Gasteiger charge is 2.23. The van der Waals surface area contributed by atoms with Crippen LogP contribution in [-0.2, 0) is 5.41 Å². The predicted octanol–water partition coefficient (Wildman–Crippen LogP) is 3.56. The maximum absolute atomic E-state index is 4.13. The Morgan fingerprint density at radius 1 is 1.33 bits per heavy atom. The summed E-state index contributed by atoms with van der Waals surface area (Å²) < 4.78 is 0. The van der Waals surface area contributed by atoms with E-state index in [-0.39, 0.29) is 5.41 Å². The van der Waals surface area contributed by atoms with E-state index < -0.39 is 0 Å². The van der Waals surface area contributed by atoms with Crippen LogP contribution >= 0.6 is 0 Å². The van der Waals surface area contributed by atoms with E-state index in [1.807, 2.05) is 6.20 Å². The number of aromatic nitrogens is 2. The number of nitrogens with one attached hydrogen (secondary N) is 1. The molecular weight excluding hydrogens is 184 g/mol. The van der Waals surface area contributed by atoms with Crippen LogP contribution in [0.3, 0.4) is 0 Å². The Balaban J connectivity index is 2.77. The highest BCUT2D eigenvalue weighted by Crippen LogP contribution is 2.34. The zero-order valence-electron chi connectivity index (χ0n) is 9.89. The van der Waals surface area contributed by atoms with Crippen molar-refractivity contribution >= 4 is 10.9 Å².